The highest BCUT2D eigenvalue weighted by Crippen LogP contribution is 2.23. The molecule has 2 aromatic carbocycles. The van der Waals surface area contributed by atoms with Crippen LogP contribution in [0, 0.1) is 0 Å². The fraction of sp³-hybridized carbons (Fsp3) is 0.600. The van der Waals surface area contributed by atoms with Gasteiger partial charge in [0.2, 0.25) is 0 Å². The molecule has 2 aliphatic heterocycles. The van der Waals surface area contributed by atoms with E-state index < -0.39 is 33.5 Å². The lowest BCUT2D eigenvalue weighted by atomic mass is 10.0. The Balaban J connectivity index is 0.000000281. The molecule has 288 valence electrons. The Morgan fingerprint density at radius 3 is 1.60 bits per heavy atom. The number of morpholine rings is 2. The van der Waals surface area contributed by atoms with Crippen LogP contribution in [0.4, 0.5) is 9.59 Å². The van der Waals surface area contributed by atoms with Crippen molar-refractivity contribution in [3.8, 4) is 0 Å². The van der Waals surface area contributed by atoms with E-state index in [1.54, 1.807) is 42.7 Å². The van der Waals surface area contributed by atoms with Crippen molar-refractivity contribution in [2.75, 3.05) is 45.7 Å². The molecule has 2 saturated heterocycles. The minimum Gasteiger partial charge on any atom is -0.444 e. The predicted molar refractivity (Wildman–Crippen MR) is 198 cm³/mol. The van der Waals surface area contributed by atoms with Gasteiger partial charge >= 0.3 is 12.2 Å². The molecular formula is C35H49Cl2N5O9S. The third-order valence-corrected chi connectivity index (χ3v) is 8.64. The van der Waals surface area contributed by atoms with Crippen LogP contribution in [-0.2, 0) is 46.1 Å². The maximum absolute atomic E-state index is 12.7. The minimum absolute atomic E-state index is 0.147. The summed E-state index contributed by atoms with van der Waals surface area (Å²) in [5, 5.41) is 4.85. The third kappa shape index (κ3) is 15.7. The van der Waals surface area contributed by atoms with E-state index in [4.69, 9.17) is 51.9 Å². The van der Waals surface area contributed by atoms with Gasteiger partial charge in [-0.3, -0.25) is 14.0 Å². The van der Waals surface area contributed by atoms with E-state index in [0.29, 0.717) is 36.0 Å². The number of carbonyl (C=O) groups excluding carboxylic acids is 2. The van der Waals surface area contributed by atoms with Gasteiger partial charge in [-0.15, -0.1) is 0 Å². The normalized spacial score (nSPS) is 20.9. The molecule has 2 aliphatic rings. The summed E-state index contributed by atoms with van der Waals surface area (Å²) in [4.78, 5) is 31.3. The Labute approximate surface area is 316 Å². The Hall–Kier alpha value is -3.30. The van der Waals surface area contributed by atoms with Crippen LogP contribution in [0.15, 0.2) is 53.6 Å². The smallest absolute Gasteiger partial charge is 0.410 e. The van der Waals surface area contributed by atoms with Gasteiger partial charge in [-0.1, -0.05) is 52.6 Å². The van der Waals surface area contributed by atoms with Crippen LogP contribution in [0.3, 0.4) is 0 Å². The fourth-order valence-electron chi connectivity index (χ4n) is 5.27. The van der Waals surface area contributed by atoms with Crippen molar-refractivity contribution in [1.29, 1.82) is 0 Å². The van der Waals surface area contributed by atoms with E-state index in [1.165, 1.54) is 0 Å². The van der Waals surface area contributed by atoms with Crippen molar-refractivity contribution >= 4 is 45.5 Å². The lowest BCUT2D eigenvalue weighted by Crippen LogP contribution is -2.55. The van der Waals surface area contributed by atoms with Gasteiger partial charge in [0.05, 0.1) is 63.9 Å². The van der Waals surface area contributed by atoms with Crippen LogP contribution < -0.4 is 0 Å². The van der Waals surface area contributed by atoms with Crippen molar-refractivity contribution in [3.63, 3.8) is 0 Å². The van der Waals surface area contributed by atoms with Crippen LogP contribution in [0.5, 0.6) is 0 Å². The molecule has 0 bridgehead atoms. The number of amides is 2. The molecule has 2 aromatic rings. The Morgan fingerprint density at radius 1 is 0.808 bits per heavy atom. The summed E-state index contributed by atoms with van der Waals surface area (Å²) in [6.45, 7) is 12.0. The van der Waals surface area contributed by atoms with E-state index in [9.17, 15) is 18.0 Å². The summed E-state index contributed by atoms with van der Waals surface area (Å²) in [6, 6.07) is 14.5. The first kappa shape index (κ1) is 43.1. The molecule has 0 N–H and O–H groups in total. The monoisotopic (exact) mass is 785 g/mol. The topological polar surface area (TPSA) is 170 Å². The number of nitrogens with zero attached hydrogens (tertiary/aromatic N) is 5. The summed E-state index contributed by atoms with van der Waals surface area (Å²) in [6.07, 6.45) is 0.444. The molecule has 0 radical (unpaired) electrons. The zero-order valence-corrected chi connectivity index (χ0v) is 33.0. The molecule has 0 aliphatic carbocycles. The van der Waals surface area contributed by atoms with Gasteiger partial charge in [-0.25, -0.2) is 9.59 Å². The molecule has 0 spiro atoms. The number of halogens is 2. The fourth-order valence-corrected chi connectivity index (χ4v) is 5.92. The number of ether oxygens (including phenoxy) is 4. The minimum atomic E-state index is -3.58. The van der Waals surface area contributed by atoms with Gasteiger partial charge in [-0.2, -0.15) is 8.42 Å². The van der Waals surface area contributed by atoms with Crippen LogP contribution in [0.1, 0.15) is 52.7 Å². The van der Waals surface area contributed by atoms with Crippen LogP contribution in [-0.4, -0.2) is 112 Å². The molecule has 17 heteroatoms. The first-order valence-corrected chi connectivity index (χ1v) is 19.3. The second-order valence-electron chi connectivity index (χ2n) is 14.5. The summed E-state index contributed by atoms with van der Waals surface area (Å²) in [5.74, 6) is 0. The quantitative estimate of drug-likeness (QED) is 0.112. The standard InChI is InChI=1S/C18H26ClNO6S.C17H23ClN4O3/c1-18(2,3)26-17(21)20-10-16(12-25-27(4,22)23)24-11-15(20)9-13-5-7-14(19)8-6-13;1-17(2,3)25-16(23)22-10-15(9-20-21-19)24-11-14(22)8-12-4-6-13(18)7-5-12/h5-8,15-16H,9-12H2,1-4H3;4-7,14-15H,8-11H2,1-3H3/t15-,16+;14-,15-/m00/s1. The van der Waals surface area contributed by atoms with Crippen molar-refractivity contribution in [2.24, 2.45) is 5.11 Å². The highest BCUT2D eigenvalue weighted by molar-refractivity contribution is 7.85. The van der Waals surface area contributed by atoms with Crippen molar-refractivity contribution < 1.29 is 41.1 Å². The second-order valence-corrected chi connectivity index (χ2v) is 17.1. The van der Waals surface area contributed by atoms with Crippen LogP contribution in [0.25, 0.3) is 10.4 Å². The van der Waals surface area contributed by atoms with E-state index in [2.05, 4.69) is 10.0 Å². The lowest BCUT2D eigenvalue weighted by Gasteiger charge is -2.40. The Bertz CT molecular complexity index is 1630. The average Bonchev–Trinajstić information content (AvgIpc) is 3.04. The Kier molecular flexibility index (Phi) is 15.9. The molecule has 52 heavy (non-hydrogen) atoms. The number of rotatable bonds is 9. The van der Waals surface area contributed by atoms with Gasteiger partial charge < -0.3 is 18.9 Å². The molecule has 4 rings (SSSR count). The first-order valence-electron chi connectivity index (χ1n) is 16.8. The molecule has 14 nitrogen and oxygen atoms in total. The number of azide groups is 1. The third-order valence-electron chi connectivity index (χ3n) is 7.57. The molecule has 0 saturated carbocycles. The molecule has 4 atom stereocenters. The van der Waals surface area contributed by atoms with Crippen molar-refractivity contribution in [2.45, 2.75) is 89.9 Å². The summed E-state index contributed by atoms with van der Waals surface area (Å²) in [7, 11) is -3.58. The molecule has 2 amide bonds. The number of hydrogen-bond donors (Lipinski definition) is 0. The van der Waals surface area contributed by atoms with E-state index in [0.717, 1.165) is 17.4 Å². The maximum Gasteiger partial charge on any atom is 0.410 e. The van der Waals surface area contributed by atoms with Gasteiger partial charge in [0.1, 0.15) is 17.3 Å². The van der Waals surface area contributed by atoms with Crippen LogP contribution >= 0.6 is 23.2 Å². The molecule has 0 unspecified atom stereocenters. The summed E-state index contributed by atoms with van der Waals surface area (Å²) in [5.41, 5.74) is 9.32. The van der Waals surface area contributed by atoms with Gasteiger partial charge in [-0.05, 0) is 95.3 Å². The number of hydrogen-bond acceptors (Lipinski definition) is 10. The van der Waals surface area contributed by atoms with E-state index >= 15 is 0 Å². The maximum atomic E-state index is 12.7. The highest BCUT2D eigenvalue weighted by Gasteiger charge is 2.36. The molecule has 2 heterocycles. The zero-order chi connectivity index (χ0) is 38.7. The van der Waals surface area contributed by atoms with E-state index in [-0.39, 0.29) is 50.6 Å². The predicted octanol–water partition coefficient (Wildman–Crippen LogP) is 7.06. The van der Waals surface area contributed by atoms with Crippen molar-refractivity contribution in [3.05, 3.63) is 80.1 Å². The molecular weight excluding hydrogens is 737 g/mol. The van der Waals surface area contributed by atoms with Gasteiger partial charge in [0.25, 0.3) is 10.1 Å². The van der Waals surface area contributed by atoms with E-state index in [1.807, 2.05) is 57.2 Å². The lowest BCUT2D eigenvalue weighted by molar-refractivity contribution is -0.0805. The zero-order valence-electron chi connectivity index (χ0n) is 30.7. The molecule has 0 aromatic heterocycles. The van der Waals surface area contributed by atoms with Gasteiger partial charge in [0, 0.05) is 15.0 Å². The number of benzene rings is 2. The first-order chi connectivity index (χ1) is 24.2. The summed E-state index contributed by atoms with van der Waals surface area (Å²) < 4.78 is 49.8. The second kappa shape index (κ2) is 19.2. The largest absolute Gasteiger partial charge is 0.444 e. The molecule has 2 fully saturated rings. The summed E-state index contributed by atoms with van der Waals surface area (Å²) >= 11 is 11.8. The SMILES string of the molecule is CC(C)(C)OC(=O)N1C[C@H](CN=[N+]=[N-])OC[C@@H]1Cc1ccc(Cl)cc1.CC(C)(C)OC(=O)N1C[C@H](COS(C)(=O)=O)OC[C@@H]1Cc1ccc(Cl)cc1. The highest BCUT2D eigenvalue weighted by atomic mass is 35.5. The Morgan fingerprint density at radius 2 is 1.21 bits per heavy atom. The average molecular weight is 787 g/mol. The number of carbonyl (C=O) groups is 2. The van der Waals surface area contributed by atoms with Gasteiger partial charge in [0.15, 0.2) is 0 Å². The van der Waals surface area contributed by atoms with Crippen molar-refractivity contribution in [1.82, 2.24) is 9.80 Å². The van der Waals surface area contributed by atoms with Crippen LogP contribution in [0.2, 0.25) is 10.0 Å².